The molecule has 120 valence electrons. The lowest BCUT2D eigenvalue weighted by atomic mass is 10.1. The minimum absolute atomic E-state index is 0.0506. The van der Waals surface area contributed by atoms with Crippen LogP contribution in [-0.2, 0) is 9.53 Å². The van der Waals surface area contributed by atoms with Gasteiger partial charge in [0, 0.05) is 5.02 Å². The van der Waals surface area contributed by atoms with Gasteiger partial charge in [-0.15, -0.1) is 0 Å². The summed E-state index contributed by atoms with van der Waals surface area (Å²) in [6.07, 6.45) is 0. The lowest BCUT2D eigenvalue weighted by Gasteiger charge is -2.14. The molecule has 1 atom stereocenters. The van der Waals surface area contributed by atoms with Gasteiger partial charge in [0.25, 0.3) is 5.91 Å². The minimum Gasteiger partial charge on any atom is -0.508 e. The number of amides is 1. The van der Waals surface area contributed by atoms with Gasteiger partial charge in [0.1, 0.15) is 5.75 Å². The smallest absolute Gasteiger partial charge is 0.338 e. The Morgan fingerprint density at radius 1 is 1.22 bits per heavy atom. The van der Waals surface area contributed by atoms with Gasteiger partial charge in [-0.1, -0.05) is 23.7 Å². The predicted molar refractivity (Wildman–Crippen MR) is 86.4 cm³/mol. The summed E-state index contributed by atoms with van der Waals surface area (Å²) in [5.41, 5.74) is 1.12. The van der Waals surface area contributed by atoms with Crippen LogP contribution in [0.4, 0.5) is 0 Å². The molecule has 2 rings (SSSR count). The highest BCUT2D eigenvalue weighted by Crippen LogP contribution is 2.17. The van der Waals surface area contributed by atoms with Crippen LogP contribution < -0.4 is 5.32 Å². The summed E-state index contributed by atoms with van der Waals surface area (Å²) in [4.78, 5) is 23.6. The van der Waals surface area contributed by atoms with E-state index in [2.05, 4.69) is 5.32 Å². The fourth-order valence-electron chi connectivity index (χ4n) is 1.95. The largest absolute Gasteiger partial charge is 0.508 e. The fourth-order valence-corrected chi connectivity index (χ4v) is 2.15. The first-order valence-electron chi connectivity index (χ1n) is 6.96. The van der Waals surface area contributed by atoms with E-state index in [-0.39, 0.29) is 24.0 Å². The van der Waals surface area contributed by atoms with E-state index < -0.39 is 11.9 Å². The Kier molecular flexibility index (Phi) is 5.60. The molecule has 2 aromatic carbocycles. The number of ether oxygens (including phenoxy) is 1. The predicted octanol–water partition coefficient (Wildman–Crippen LogP) is 3.08. The molecule has 0 spiro atoms. The summed E-state index contributed by atoms with van der Waals surface area (Å²) in [6.45, 7) is 1.43. The van der Waals surface area contributed by atoms with Crippen molar-refractivity contribution < 1.29 is 19.4 Å². The van der Waals surface area contributed by atoms with Crippen molar-refractivity contribution in [3.05, 3.63) is 64.7 Å². The third kappa shape index (κ3) is 5.00. The van der Waals surface area contributed by atoms with Crippen molar-refractivity contribution in [3.8, 4) is 5.75 Å². The van der Waals surface area contributed by atoms with Crippen LogP contribution in [0.15, 0.2) is 48.5 Å². The maximum atomic E-state index is 11.8. The molecule has 1 amide bonds. The number of phenolic OH excluding ortho intramolecular Hbond substituents is 1. The molecule has 23 heavy (non-hydrogen) atoms. The molecular formula is C17H16ClNO4. The number of hydrogen-bond acceptors (Lipinski definition) is 4. The minimum atomic E-state index is -0.629. The van der Waals surface area contributed by atoms with Crippen molar-refractivity contribution in [2.24, 2.45) is 0 Å². The van der Waals surface area contributed by atoms with E-state index in [0.717, 1.165) is 5.56 Å². The number of esters is 1. The summed E-state index contributed by atoms with van der Waals surface area (Å²) in [7, 11) is 0. The second kappa shape index (κ2) is 7.65. The van der Waals surface area contributed by atoms with E-state index >= 15 is 0 Å². The number of hydrogen-bond donors (Lipinski definition) is 2. The van der Waals surface area contributed by atoms with Crippen LogP contribution in [-0.4, -0.2) is 23.6 Å². The monoisotopic (exact) mass is 333 g/mol. The molecule has 0 radical (unpaired) electrons. The van der Waals surface area contributed by atoms with Gasteiger partial charge < -0.3 is 15.2 Å². The van der Waals surface area contributed by atoms with Crippen molar-refractivity contribution in [2.45, 2.75) is 13.0 Å². The lowest BCUT2D eigenvalue weighted by Crippen LogP contribution is -2.31. The lowest BCUT2D eigenvalue weighted by molar-refractivity contribution is -0.124. The van der Waals surface area contributed by atoms with E-state index in [9.17, 15) is 9.59 Å². The Bertz CT molecular complexity index is 700. The summed E-state index contributed by atoms with van der Waals surface area (Å²) in [5, 5.41) is 12.5. The van der Waals surface area contributed by atoms with Gasteiger partial charge in [-0.05, 0) is 48.9 Å². The van der Waals surface area contributed by atoms with E-state index in [1.165, 1.54) is 24.3 Å². The maximum Gasteiger partial charge on any atom is 0.338 e. The third-order valence-corrected chi connectivity index (χ3v) is 3.40. The van der Waals surface area contributed by atoms with Gasteiger partial charge in [0.2, 0.25) is 0 Å². The number of halogens is 1. The van der Waals surface area contributed by atoms with Crippen LogP contribution in [0.25, 0.3) is 0 Å². The quantitative estimate of drug-likeness (QED) is 0.824. The molecule has 0 fully saturated rings. The van der Waals surface area contributed by atoms with Gasteiger partial charge >= 0.3 is 5.97 Å². The molecule has 2 N–H and O–H groups in total. The molecule has 0 aromatic heterocycles. The summed E-state index contributed by atoms with van der Waals surface area (Å²) >= 11 is 5.91. The maximum absolute atomic E-state index is 11.8. The average molecular weight is 334 g/mol. The van der Waals surface area contributed by atoms with Gasteiger partial charge in [0.05, 0.1) is 11.6 Å². The SMILES string of the molecule is C[C@H](NC(=O)COC(=O)c1ccc(O)cc1)c1cccc(Cl)c1. The van der Waals surface area contributed by atoms with Crippen molar-refractivity contribution in [3.63, 3.8) is 0 Å². The molecule has 6 heteroatoms. The van der Waals surface area contributed by atoms with Crippen LogP contribution in [0.2, 0.25) is 5.02 Å². The van der Waals surface area contributed by atoms with E-state index in [1.54, 1.807) is 18.2 Å². The first-order valence-corrected chi connectivity index (χ1v) is 7.34. The highest BCUT2D eigenvalue weighted by atomic mass is 35.5. The molecule has 0 bridgehead atoms. The zero-order valence-electron chi connectivity index (χ0n) is 12.5. The van der Waals surface area contributed by atoms with Crippen LogP contribution in [0.3, 0.4) is 0 Å². The van der Waals surface area contributed by atoms with Gasteiger partial charge in [-0.3, -0.25) is 4.79 Å². The third-order valence-electron chi connectivity index (χ3n) is 3.16. The molecular weight excluding hydrogens is 318 g/mol. The fraction of sp³-hybridized carbons (Fsp3) is 0.176. The second-order valence-corrected chi connectivity index (χ2v) is 5.40. The first-order chi connectivity index (χ1) is 11.0. The van der Waals surface area contributed by atoms with E-state index in [1.807, 2.05) is 13.0 Å². The van der Waals surface area contributed by atoms with Crippen LogP contribution in [0.1, 0.15) is 28.9 Å². The molecule has 0 aliphatic rings. The summed E-state index contributed by atoms with van der Waals surface area (Å²) < 4.78 is 4.93. The number of rotatable bonds is 5. The Morgan fingerprint density at radius 2 is 1.91 bits per heavy atom. The summed E-state index contributed by atoms with van der Waals surface area (Å²) in [5.74, 6) is -0.991. The number of nitrogens with one attached hydrogen (secondary N) is 1. The molecule has 0 aliphatic heterocycles. The van der Waals surface area contributed by atoms with Gasteiger partial charge in [-0.2, -0.15) is 0 Å². The van der Waals surface area contributed by atoms with Crippen LogP contribution in [0.5, 0.6) is 5.75 Å². The Hall–Kier alpha value is -2.53. The molecule has 0 unspecified atom stereocenters. The highest BCUT2D eigenvalue weighted by molar-refractivity contribution is 6.30. The molecule has 0 heterocycles. The zero-order valence-corrected chi connectivity index (χ0v) is 13.2. The van der Waals surface area contributed by atoms with Crippen molar-refractivity contribution in [1.29, 1.82) is 0 Å². The molecule has 2 aromatic rings. The Balaban J connectivity index is 1.85. The average Bonchev–Trinajstić information content (AvgIpc) is 2.53. The zero-order chi connectivity index (χ0) is 16.8. The number of carbonyl (C=O) groups is 2. The van der Waals surface area contributed by atoms with Crippen LogP contribution in [0, 0.1) is 0 Å². The standard InChI is InChI=1S/C17H16ClNO4/c1-11(13-3-2-4-14(18)9-13)19-16(21)10-23-17(22)12-5-7-15(20)8-6-12/h2-9,11,20H,10H2,1H3,(H,19,21)/t11-/m0/s1. The topological polar surface area (TPSA) is 75.6 Å². The number of carbonyl (C=O) groups excluding carboxylic acids is 2. The number of aromatic hydroxyl groups is 1. The summed E-state index contributed by atoms with van der Waals surface area (Å²) in [6, 6.07) is 12.5. The second-order valence-electron chi connectivity index (χ2n) is 4.97. The normalized spacial score (nSPS) is 11.6. The Labute approximate surface area is 138 Å². The van der Waals surface area contributed by atoms with Crippen molar-refractivity contribution >= 4 is 23.5 Å². The van der Waals surface area contributed by atoms with Gasteiger partial charge in [0.15, 0.2) is 6.61 Å². The Morgan fingerprint density at radius 3 is 2.57 bits per heavy atom. The number of phenols is 1. The first kappa shape index (κ1) is 16.8. The van der Waals surface area contributed by atoms with Crippen molar-refractivity contribution in [2.75, 3.05) is 6.61 Å². The van der Waals surface area contributed by atoms with E-state index in [0.29, 0.717) is 5.02 Å². The van der Waals surface area contributed by atoms with Crippen molar-refractivity contribution in [1.82, 2.24) is 5.32 Å². The van der Waals surface area contributed by atoms with E-state index in [4.69, 9.17) is 21.4 Å². The highest BCUT2D eigenvalue weighted by Gasteiger charge is 2.13. The molecule has 5 nitrogen and oxygen atoms in total. The number of benzene rings is 2. The molecule has 0 saturated heterocycles. The van der Waals surface area contributed by atoms with Crippen LogP contribution >= 0.6 is 11.6 Å². The molecule has 0 saturated carbocycles. The molecule has 0 aliphatic carbocycles. The van der Waals surface area contributed by atoms with Gasteiger partial charge in [-0.25, -0.2) is 4.79 Å².